The molecule has 0 bridgehead atoms. The zero-order valence-corrected chi connectivity index (χ0v) is 24.3. The molecule has 9 heteroatoms. The van der Waals surface area contributed by atoms with Crippen molar-refractivity contribution in [1.82, 2.24) is 10.2 Å². The molecule has 2 N–H and O–H groups in total. The van der Waals surface area contributed by atoms with Crippen LogP contribution in [-0.2, 0) is 22.4 Å². The smallest absolute Gasteiger partial charge is 0.410 e. The standard InChI is InChI=1S/C30H42N2O6S/c1-30(2,3)38-29(35)32(19-25(33)20-36-26-11-6-5-7-12-26)24-10-8-9-22-13-14-27(18-23(22)17-24)37-21-28(34)31-15-16-39-4/h5-7,11-14,18,24-25,33H,8-10,15-17,19-21H2,1-4H3,(H,31,34)/t24?,25-/m0/s1. The van der Waals surface area contributed by atoms with Gasteiger partial charge in [-0.25, -0.2) is 4.79 Å². The molecule has 1 aliphatic carbocycles. The Balaban J connectivity index is 1.70. The number of amides is 2. The van der Waals surface area contributed by atoms with Crippen LogP contribution in [0.5, 0.6) is 11.5 Å². The van der Waals surface area contributed by atoms with E-state index in [0.717, 1.165) is 30.6 Å². The lowest BCUT2D eigenvalue weighted by atomic mass is 10.0. The molecule has 0 heterocycles. The van der Waals surface area contributed by atoms with E-state index in [1.54, 1.807) is 16.7 Å². The van der Waals surface area contributed by atoms with Crippen molar-refractivity contribution in [3.05, 3.63) is 59.7 Å². The summed E-state index contributed by atoms with van der Waals surface area (Å²) in [7, 11) is 0. The Bertz CT molecular complexity index is 1060. The molecule has 8 nitrogen and oxygen atoms in total. The summed E-state index contributed by atoms with van der Waals surface area (Å²) in [6, 6.07) is 15.0. The number of fused-ring (bicyclic) bond motifs is 1. The number of aliphatic hydroxyl groups excluding tert-OH is 1. The van der Waals surface area contributed by atoms with Crippen molar-refractivity contribution in [2.24, 2.45) is 0 Å². The van der Waals surface area contributed by atoms with E-state index in [9.17, 15) is 14.7 Å². The average Bonchev–Trinajstić information content (AvgIpc) is 3.11. The fourth-order valence-corrected chi connectivity index (χ4v) is 4.76. The van der Waals surface area contributed by atoms with E-state index in [1.165, 1.54) is 5.56 Å². The molecule has 0 aromatic heterocycles. The maximum Gasteiger partial charge on any atom is 0.410 e. The highest BCUT2D eigenvalue weighted by atomic mass is 32.2. The number of para-hydroxylation sites is 1. The van der Waals surface area contributed by atoms with E-state index in [2.05, 4.69) is 5.32 Å². The molecular formula is C30H42N2O6S. The first-order valence-electron chi connectivity index (χ1n) is 13.5. The Kier molecular flexibility index (Phi) is 11.8. The SMILES string of the molecule is CSCCNC(=O)COc1ccc2c(c1)CC(N(C[C@H](O)COc1ccccc1)C(=O)OC(C)(C)C)CCC2. The van der Waals surface area contributed by atoms with E-state index >= 15 is 0 Å². The molecular weight excluding hydrogens is 516 g/mol. The normalized spacial score (nSPS) is 15.9. The molecule has 2 amide bonds. The minimum absolute atomic E-state index is 0.0474. The summed E-state index contributed by atoms with van der Waals surface area (Å²) in [5.74, 6) is 1.98. The fraction of sp³-hybridized carbons (Fsp3) is 0.533. The number of ether oxygens (including phenoxy) is 3. The summed E-state index contributed by atoms with van der Waals surface area (Å²) in [5.41, 5.74) is 1.61. The van der Waals surface area contributed by atoms with Crippen LogP contribution in [0.2, 0.25) is 0 Å². The molecule has 2 atom stereocenters. The minimum Gasteiger partial charge on any atom is -0.491 e. The lowest BCUT2D eigenvalue weighted by Crippen LogP contribution is -2.48. The number of hydrogen-bond donors (Lipinski definition) is 2. The number of nitrogens with zero attached hydrogens (tertiary/aromatic N) is 1. The first-order valence-corrected chi connectivity index (χ1v) is 14.9. The van der Waals surface area contributed by atoms with Gasteiger partial charge in [0.1, 0.15) is 29.8 Å². The van der Waals surface area contributed by atoms with Crippen LogP contribution in [0.4, 0.5) is 4.79 Å². The molecule has 214 valence electrons. The van der Waals surface area contributed by atoms with Gasteiger partial charge in [0.25, 0.3) is 5.91 Å². The number of aryl methyl sites for hydroxylation is 1. The van der Waals surface area contributed by atoms with Crippen LogP contribution in [-0.4, -0.2) is 78.1 Å². The van der Waals surface area contributed by atoms with Gasteiger partial charge >= 0.3 is 6.09 Å². The third-order valence-corrected chi connectivity index (χ3v) is 6.89. The Morgan fingerprint density at radius 1 is 1.10 bits per heavy atom. The van der Waals surface area contributed by atoms with Crippen LogP contribution in [0, 0.1) is 0 Å². The highest BCUT2D eigenvalue weighted by Crippen LogP contribution is 2.28. The van der Waals surface area contributed by atoms with Gasteiger partial charge in [0, 0.05) is 18.3 Å². The monoisotopic (exact) mass is 558 g/mol. The van der Waals surface area contributed by atoms with Gasteiger partial charge in [0.15, 0.2) is 6.61 Å². The zero-order chi connectivity index (χ0) is 28.3. The predicted octanol–water partition coefficient (Wildman–Crippen LogP) is 4.47. The van der Waals surface area contributed by atoms with Gasteiger partial charge in [-0.05, 0) is 88.1 Å². The topological polar surface area (TPSA) is 97.3 Å². The zero-order valence-electron chi connectivity index (χ0n) is 23.5. The summed E-state index contributed by atoms with van der Waals surface area (Å²) in [6.45, 7) is 6.22. The van der Waals surface area contributed by atoms with Crippen LogP contribution in [0.1, 0.15) is 44.7 Å². The van der Waals surface area contributed by atoms with Crippen molar-refractivity contribution < 1.29 is 28.9 Å². The number of hydrogen-bond acceptors (Lipinski definition) is 7. The third kappa shape index (κ3) is 10.6. The van der Waals surface area contributed by atoms with Gasteiger partial charge in [-0.2, -0.15) is 11.8 Å². The quantitative estimate of drug-likeness (QED) is 0.293. The van der Waals surface area contributed by atoms with Gasteiger partial charge in [-0.1, -0.05) is 24.3 Å². The maximum atomic E-state index is 13.3. The highest BCUT2D eigenvalue weighted by molar-refractivity contribution is 7.98. The van der Waals surface area contributed by atoms with Crippen LogP contribution in [0.15, 0.2) is 48.5 Å². The number of nitrogens with one attached hydrogen (secondary N) is 1. The Labute approximate surface area is 236 Å². The molecule has 3 rings (SSSR count). The minimum atomic E-state index is -0.889. The molecule has 2 aromatic carbocycles. The van der Waals surface area contributed by atoms with Crippen molar-refractivity contribution in [1.29, 1.82) is 0 Å². The number of rotatable bonds is 12. The van der Waals surface area contributed by atoms with Gasteiger partial charge in [0.2, 0.25) is 0 Å². The van der Waals surface area contributed by atoms with E-state index in [0.29, 0.717) is 24.5 Å². The predicted molar refractivity (Wildman–Crippen MR) is 155 cm³/mol. The van der Waals surface area contributed by atoms with E-state index in [-0.39, 0.29) is 31.7 Å². The summed E-state index contributed by atoms with van der Waals surface area (Å²) < 4.78 is 17.2. The first kappa shape index (κ1) is 30.6. The average molecular weight is 559 g/mol. The lowest BCUT2D eigenvalue weighted by Gasteiger charge is -2.34. The van der Waals surface area contributed by atoms with E-state index in [4.69, 9.17) is 14.2 Å². The molecule has 2 aromatic rings. The van der Waals surface area contributed by atoms with Crippen LogP contribution < -0.4 is 14.8 Å². The maximum absolute atomic E-state index is 13.3. The summed E-state index contributed by atoms with van der Waals surface area (Å²) in [4.78, 5) is 27.0. The Morgan fingerprint density at radius 3 is 2.59 bits per heavy atom. The highest BCUT2D eigenvalue weighted by Gasteiger charge is 2.32. The van der Waals surface area contributed by atoms with Crippen molar-refractivity contribution in [3.63, 3.8) is 0 Å². The Morgan fingerprint density at radius 2 is 1.87 bits per heavy atom. The third-order valence-electron chi connectivity index (χ3n) is 6.28. The molecule has 0 aliphatic heterocycles. The summed E-state index contributed by atoms with van der Waals surface area (Å²) in [5, 5.41) is 13.7. The number of carbonyl (C=O) groups is 2. The molecule has 0 saturated carbocycles. The van der Waals surface area contributed by atoms with Crippen molar-refractivity contribution in [3.8, 4) is 11.5 Å². The van der Waals surface area contributed by atoms with Gasteiger partial charge in [-0.3, -0.25) is 4.79 Å². The lowest BCUT2D eigenvalue weighted by molar-refractivity contribution is -0.122. The first-order chi connectivity index (χ1) is 18.6. The molecule has 1 unspecified atom stereocenters. The van der Waals surface area contributed by atoms with Gasteiger partial charge in [0.05, 0.1) is 6.54 Å². The van der Waals surface area contributed by atoms with Crippen LogP contribution in [0.25, 0.3) is 0 Å². The van der Waals surface area contributed by atoms with Gasteiger partial charge < -0.3 is 29.5 Å². The largest absolute Gasteiger partial charge is 0.491 e. The number of carbonyl (C=O) groups excluding carboxylic acids is 2. The van der Waals surface area contributed by atoms with Crippen LogP contribution in [0.3, 0.4) is 0 Å². The van der Waals surface area contributed by atoms with Crippen LogP contribution >= 0.6 is 11.8 Å². The molecule has 0 spiro atoms. The molecule has 0 radical (unpaired) electrons. The fourth-order valence-electron chi connectivity index (χ4n) is 4.45. The molecule has 0 saturated heterocycles. The molecule has 0 fully saturated rings. The van der Waals surface area contributed by atoms with E-state index in [1.807, 2.05) is 75.6 Å². The van der Waals surface area contributed by atoms with Crippen molar-refractivity contribution in [2.45, 2.75) is 64.2 Å². The summed E-state index contributed by atoms with van der Waals surface area (Å²) >= 11 is 1.67. The molecule has 39 heavy (non-hydrogen) atoms. The molecule has 1 aliphatic rings. The Hall–Kier alpha value is -2.91. The van der Waals surface area contributed by atoms with E-state index < -0.39 is 17.8 Å². The van der Waals surface area contributed by atoms with Gasteiger partial charge in [-0.15, -0.1) is 0 Å². The number of benzene rings is 2. The number of thioether (sulfide) groups is 1. The van der Waals surface area contributed by atoms with Crippen molar-refractivity contribution >= 4 is 23.8 Å². The second-order valence-electron chi connectivity index (χ2n) is 10.7. The number of aliphatic hydroxyl groups is 1. The summed E-state index contributed by atoms with van der Waals surface area (Å²) in [6.07, 6.45) is 3.79. The second-order valence-corrected chi connectivity index (χ2v) is 11.7. The van der Waals surface area contributed by atoms with Crippen molar-refractivity contribution in [2.75, 3.05) is 38.3 Å². The second kappa shape index (κ2) is 15.0.